The minimum Gasteiger partial charge on any atom is -0.481 e. The molecule has 0 fully saturated rings. The highest BCUT2D eigenvalue weighted by Crippen LogP contribution is 2.36. The molecule has 11 nitrogen and oxygen atoms in total. The number of carbonyl (C=O) groups excluding carboxylic acids is 2. The number of carbonyl (C=O) groups is 3. The van der Waals surface area contributed by atoms with Gasteiger partial charge in [-0.1, -0.05) is 53.2 Å². The van der Waals surface area contributed by atoms with Crippen molar-refractivity contribution < 1.29 is 29.0 Å². The van der Waals surface area contributed by atoms with Gasteiger partial charge in [-0.25, -0.2) is 0 Å². The number of methoxy groups -OCH3 is 1. The lowest BCUT2D eigenvalue weighted by Gasteiger charge is -2.15. The molecular weight excluding hydrogens is 577 g/mol. The molecule has 0 radical (unpaired) electrons. The topological polar surface area (TPSA) is 146 Å². The highest BCUT2D eigenvalue weighted by atomic mass is 35.5. The quantitative estimate of drug-likeness (QED) is 0.257. The summed E-state index contributed by atoms with van der Waals surface area (Å²) in [5, 5.41) is 24.0. The number of amides is 1. The zero-order valence-corrected chi connectivity index (χ0v) is 23.1. The van der Waals surface area contributed by atoms with Crippen LogP contribution in [0.2, 0.25) is 10.0 Å². The SMILES string of the molecule is COCOc1ccc(CCSC(=O)NC(CC(=O)O)C(=O)Cn2nnc(Sc3c(Cl)cccc3Cl)n2)cc1. The van der Waals surface area contributed by atoms with Gasteiger partial charge in [-0.2, -0.15) is 4.80 Å². The summed E-state index contributed by atoms with van der Waals surface area (Å²) >= 11 is 14.3. The Balaban J connectivity index is 1.51. The molecule has 0 aliphatic heterocycles. The van der Waals surface area contributed by atoms with Gasteiger partial charge >= 0.3 is 5.97 Å². The number of tetrazole rings is 1. The number of nitrogens with one attached hydrogen (secondary N) is 1. The molecule has 1 atom stereocenters. The van der Waals surface area contributed by atoms with Crippen LogP contribution in [0.5, 0.6) is 5.75 Å². The Morgan fingerprint density at radius 1 is 1.13 bits per heavy atom. The van der Waals surface area contributed by atoms with Crippen molar-refractivity contribution in [3.05, 3.63) is 58.1 Å². The number of carboxylic acids is 1. The first kappa shape index (κ1) is 29.7. The Morgan fingerprint density at radius 2 is 1.84 bits per heavy atom. The van der Waals surface area contributed by atoms with Gasteiger partial charge in [0, 0.05) is 12.9 Å². The monoisotopic (exact) mass is 599 g/mol. The van der Waals surface area contributed by atoms with Gasteiger partial charge in [0.25, 0.3) is 5.24 Å². The average molecular weight is 601 g/mol. The summed E-state index contributed by atoms with van der Waals surface area (Å²) in [5.74, 6) is -0.733. The number of ether oxygens (including phenoxy) is 2. The second-order valence-corrected chi connectivity index (χ2v) is 10.5. The Hall–Kier alpha value is -2.84. The standard InChI is InChI=1S/C23H23Cl2N5O6S2/c1-35-13-36-15-7-5-14(6-8-15)9-10-37-23(34)26-18(11-20(32)33)19(31)12-30-28-22(27-29-30)38-21-16(24)3-2-4-17(21)25/h2-8,18H,9-13H2,1H3,(H,26,34)(H,32,33). The number of rotatable bonds is 14. The molecular formula is C23H23Cl2N5O6S2. The number of carboxylic acid groups (broad SMARTS) is 1. The molecule has 0 saturated heterocycles. The van der Waals surface area contributed by atoms with Gasteiger partial charge in [0.15, 0.2) is 12.6 Å². The van der Waals surface area contributed by atoms with E-state index in [1.165, 1.54) is 7.11 Å². The van der Waals surface area contributed by atoms with E-state index in [-0.39, 0.29) is 18.5 Å². The molecule has 1 heterocycles. The Kier molecular flexibility index (Phi) is 11.7. The van der Waals surface area contributed by atoms with E-state index in [0.29, 0.717) is 32.9 Å². The summed E-state index contributed by atoms with van der Waals surface area (Å²) in [6, 6.07) is 11.1. The molecule has 15 heteroatoms. The number of aromatic nitrogens is 4. The lowest BCUT2D eigenvalue weighted by atomic mass is 10.1. The molecule has 0 aliphatic rings. The number of ketones is 1. The first-order chi connectivity index (χ1) is 18.2. The molecule has 0 spiro atoms. The minimum atomic E-state index is -1.26. The van der Waals surface area contributed by atoms with E-state index < -0.39 is 29.5 Å². The van der Waals surface area contributed by atoms with Gasteiger partial charge in [0.1, 0.15) is 18.3 Å². The summed E-state index contributed by atoms with van der Waals surface area (Å²) in [7, 11) is 1.53. The number of thioether (sulfide) groups is 1. The molecule has 0 saturated carbocycles. The lowest BCUT2D eigenvalue weighted by molar-refractivity contribution is -0.139. The van der Waals surface area contributed by atoms with Gasteiger partial charge in [-0.15, -0.1) is 10.2 Å². The number of hydrogen-bond acceptors (Lipinski definition) is 10. The van der Waals surface area contributed by atoms with Gasteiger partial charge in [0.05, 0.1) is 21.4 Å². The Morgan fingerprint density at radius 3 is 2.50 bits per heavy atom. The summed E-state index contributed by atoms with van der Waals surface area (Å²) in [6.07, 6.45) is -0.00143. The maximum atomic E-state index is 12.8. The van der Waals surface area contributed by atoms with Crippen LogP contribution < -0.4 is 10.1 Å². The first-order valence-electron chi connectivity index (χ1n) is 11.0. The third-order valence-corrected chi connectivity index (χ3v) is 7.43. The average Bonchev–Trinajstić information content (AvgIpc) is 3.32. The van der Waals surface area contributed by atoms with E-state index in [2.05, 4.69) is 20.7 Å². The molecule has 202 valence electrons. The smallest absolute Gasteiger partial charge is 0.305 e. The van der Waals surface area contributed by atoms with Crippen LogP contribution in [0, 0.1) is 0 Å². The molecule has 1 unspecified atom stereocenters. The van der Waals surface area contributed by atoms with E-state index in [1.54, 1.807) is 30.3 Å². The van der Waals surface area contributed by atoms with E-state index in [1.807, 2.05) is 12.1 Å². The number of aliphatic carboxylic acids is 1. The van der Waals surface area contributed by atoms with Crippen LogP contribution in [0.3, 0.4) is 0 Å². The number of hydrogen-bond donors (Lipinski definition) is 2. The van der Waals surface area contributed by atoms with Crippen molar-refractivity contribution >= 4 is 63.7 Å². The predicted octanol–water partition coefficient (Wildman–Crippen LogP) is 4.21. The molecule has 2 aromatic carbocycles. The van der Waals surface area contributed by atoms with Crippen molar-refractivity contribution in [3.63, 3.8) is 0 Å². The molecule has 1 aromatic heterocycles. The van der Waals surface area contributed by atoms with Crippen molar-refractivity contribution in [1.82, 2.24) is 25.5 Å². The summed E-state index contributed by atoms with van der Waals surface area (Å²) in [6.45, 7) is -0.236. The van der Waals surface area contributed by atoms with Crippen LogP contribution in [-0.4, -0.2) is 68.0 Å². The molecule has 0 bridgehead atoms. The molecule has 2 N–H and O–H groups in total. The fraction of sp³-hybridized carbons (Fsp3) is 0.304. The van der Waals surface area contributed by atoms with Gasteiger partial charge in [-0.05, 0) is 53.2 Å². The van der Waals surface area contributed by atoms with E-state index in [0.717, 1.165) is 33.9 Å². The number of halogens is 2. The van der Waals surface area contributed by atoms with E-state index >= 15 is 0 Å². The normalized spacial score (nSPS) is 11.7. The van der Waals surface area contributed by atoms with Crippen molar-refractivity contribution in [2.45, 2.75) is 35.5 Å². The first-order valence-corrected chi connectivity index (χ1v) is 13.6. The van der Waals surface area contributed by atoms with Crippen molar-refractivity contribution in [2.24, 2.45) is 0 Å². The second kappa shape index (κ2) is 14.9. The van der Waals surface area contributed by atoms with Gasteiger partial charge < -0.3 is 19.9 Å². The molecule has 3 aromatic rings. The maximum Gasteiger partial charge on any atom is 0.305 e. The number of nitrogens with zero attached hydrogens (tertiary/aromatic N) is 4. The highest BCUT2D eigenvalue weighted by Gasteiger charge is 2.25. The summed E-state index contributed by atoms with van der Waals surface area (Å²) in [4.78, 5) is 38.0. The highest BCUT2D eigenvalue weighted by molar-refractivity contribution is 8.13. The Labute approximate surface area is 236 Å². The van der Waals surface area contributed by atoms with Crippen LogP contribution in [-0.2, 0) is 27.3 Å². The second-order valence-electron chi connectivity index (χ2n) is 7.60. The molecule has 0 aliphatic carbocycles. The minimum absolute atomic E-state index is 0.149. The zero-order valence-electron chi connectivity index (χ0n) is 20.0. The third kappa shape index (κ3) is 9.48. The fourth-order valence-electron chi connectivity index (χ4n) is 3.00. The van der Waals surface area contributed by atoms with Crippen LogP contribution in [0.4, 0.5) is 4.79 Å². The summed E-state index contributed by atoms with van der Waals surface area (Å²) in [5.41, 5.74) is 0.984. The molecule has 1 amide bonds. The van der Waals surface area contributed by atoms with Gasteiger partial charge in [-0.3, -0.25) is 14.4 Å². The summed E-state index contributed by atoms with van der Waals surface area (Å²) < 4.78 is 10.2. The molecule has 3 rings (SSSR count). The van der Waals surface area contributed by atoms with Crippen LogP contribution in [0.25, 0.3) is 0 Å². The number of Topliss-reactive ketones (excluding diaryl/α,β-unsaturated/α-hetero) is 1. The van der Waals surface area contributed by atoms with Crippen molar-refractivity contribution in [3.8, 4) is 5.75 Å². The number of benzene rings is 2. The van der Waals surface area contributed by atoms with Gasteiger partial charge in [0.2, 0.25) is 5.16 Å². The van der Waals surface area contributed by atoms with E-state index in [9.17, 15) is 19.5 Å². The molecule has 38 heavy (non-hydrogen) atoms. The number of aryl methyl sites for hydroxylation is 1. The predicted molar refractivity (Wildman–Crippen MR) is 143 cm³/mol. The van der Waals surface area contributed by atoms with Crippen LogP contribution in [0.15, 0.2) is 52.5 Å². The maximum absolute atomic E-state index is 12.8. The Bertz CT molecular complexity index is 1240. The van der Waals surface area contributed by atoms with Crippen LogP contribution in [0.1, 0.15) is 12.0 Å². The fourth-order valence-corrected chi connectivity index (χ4v) is 5.11. The van der Waals surface area contributed by atoms with Crippen LogP contribution >= 0.6 is 46.7 Å². The third-order valence-electron chi connectivity index (χ3n) is 4.79. The van der Waals surface area contributed by atoms with E-state index in [4.69, 9.17) is 32.7 Å². The lowest BCUT2D eigenvalue weighted by Crippen LogP contribution is -2.42. The van der Waals surface area contributed by atoms with Crippen molar-refractivity contribution in [2.75, 3.05) is 19.7 Å². The van der Waals surface area contributed by atoms with Crippen molar-refractivity contribution in [1.29, 1.82) is 0 Å². The largest absolute Gasteiger partial charge is 0.481 e. The zero-order chi connectivity index (χ0) is 27.5.